The maximum absolute atomic E-state index is 12.5. The van der Waals surface area contributed by atoms with Crippen molar-refractivity contribution in [1.29, 1.82) is 0 Å². The number of hydrogen-bond acceptors (Lipinski definition) is 4. The van der Waals surface area contributed by atoms with E-state index in [1.807, 2.05) is 41.3 Å². The summed E-state index contributed by atoms with van der Waals surface area (Å²) in [6, 6.07) is 17.7. The standard InChI is InChI=1S/C24H29N5O2/c1-18(19-7-3-2-4-8-19)11-12-25-24(31)29-15-13-28(14-16-29)17-22-26-21-10-6-5-9-20(21)23(30)27-22/h2-10,18H,11-17H2,1H3,(H,25,31)(H,26,27,30). The molecule has 1 aliphatic heterocycles. The van der Waals surface area contributed by atoms with Crippen molar-refractivity contribution in [2.24, 2.45) is 0 Å². The third kappa shape index (κ3) is 5.30. The molecule has 1 fully saturated rings. The number of hydrogen-bond donors (Lipinski definition) is 2. The Morgan fingerprint density at radius 2 is 1.77 bits per heavy atom. The number of aromatic nitrogens is 2. The number of urea groups is 1. The molecule has 7 heteroatoms. The number of rotatable bonds is 6. The van der Waals surface area contributed by atoms with Crippen LogP contribution in [0.2, 0.25) is 0 Å². The number of benzene rings is 2. The van der Waals surface area contributed by atoms with Crippen molar-refractivity contribution < 1.29 is 4.79 Å². The van der Waals surface area contributed by atoms with Gasteiger partial charge in [-0.2, -0.15) is 0 Å². The summed E-state index contributed by atoms with van der Waals surface area (Å²) in [7, 11) is 0. The van der Waals surface area contributed by atoms with Crippen molar-refractivity contribution in [3.63, 3.8) is 0 Å². The van der Waals surface area contributed by atoms with Gasteiger partial charge in [0.1, 0.15) is 5.82 Å². The van der Waals surface area contributed by atoms with Crippen LogP contribution in [0.3, 0.4) is 0 Å². The van der Waals surface area contributed by atoms with Gasteiger partial charge in [-0.15, -0.1) is 0 Å². The van der Waals surface area contributed by atoms with E-state index in [2.05, 4.69) is 39.2 Å². The van der Waals surface area contributed by atoms with Crippen molar-refractivity contribution in [2.75, 3.05) is 32.7 Å². The molecule has 0 bridgehead atoms. The highest BCUT2D eigenvalue weighted by Gasteiger charge is 2.21. The molecule has 4 rings (SSSR count). The van der Waals surface area contributed by atoms with Crippen molar-refractivity contribution in [3.8, 4) is 0 Å². The van der Waals surface area contributed by atoms with E-state index >= 15 is 0 Å². The third-order valence-corrected chi connectivity index (χ3v) is 5.92. The van der Waals surface area contributed by atoms with Gasteiger partial charge in [-0.3, -0.25) is 9.69 Å². The van der Waals surface area contributed by atoms with E-state index in [1.54, 1.807) is 6.07 Å². The van der Waals surface area contributed by atoms with Gasteiger partial charge in [0.05, 0.1) is 17.4 Å². The van der Waals surface area contributed by atoms with E-state index in [4.69, 9.17) is 0 Å². The number of H-pyrrole nitrogens is 1. The lowest BCUT2D eigenvalue weighted by molar-refractivity contribution is 0.133. The van der Waals surface area contributed by atoms with Crippen LogP contribution >= 0.6 is 0 Å². The van der Waals surface area contributed by atoms with Gasteiger partial charge < -0.3 is 15.2 Å². The normalized spacial score (nSPS) is 15.7. The van der Waals surface area contributed by atoms with E-state index in [0.29, 0.717) is 48.8 Å². The fourth-order valence-electron chi connectivity index (χ4n) is 3.99. The molecule has 2 amide bonds. The molecule has 1 aromatic heterocycles. The molecule has 31 heavy (non-hydrogen) atoms. The molecule has 162 valence electrons. The van der Waals surface area contributed by atoms with Crippen LogP contribution in [0.4, 0.5) is 4.79 Å². The number of fused-ring (bicyclic) bond motifs is 1. The van der Waals surface area contributed by atoms with Gasteiger partial charge in [-0.05, 0) is 30.0 Å². The maximum atomic E-state index is 12.5. The predicted molar refractivity (Wildman–Crippen MR) is 122 cm³/mol. The van der Waals surface area contributed by atoms with Crippen molar-refractivity contribution >= 4 is 16.9 Å². The smallest absolute Gasteiger partial charge is 0.317 e. The van der Waals surface area contributed by atoms with Gasteiger partial charge >= 0.3 is 6.03 Å². The Hall–Kier alpha value is -3.19. The van der Waals surface area contributed by atoms with Gasteiger partial charge in [-0.1, -0.05) is 49.4 Å². The van der Waals surface area contributed by atoms with Crippen LogP contribution in [-0.2, 0) is 6.54 Å². The van der Waals surface area contributed by atoms with Gasteiger partial charge in [0, 0.05) is 32.7 Å². The summed E-state index contributed by atoms with van der Waals surface area (Å²) in [6.45, 7) is 6.26. The number of carbonyl (C=O) groups excluding carboxylic acids is 1. The second kappa shape index (κ2) is 9.75. The lowest BCUT2D eigenvalue weighted by Gasteiger charge is -2.34. The molecule has 3 aromatic rings. The largest absolute Gasteiger partial charge is 0.338 e. The van der Waals surface area contributed by atoms with Crippen LogP contribution in [0.15, 0.2) is 59.4 Å². The summed E-state index contributed by atoms with van der Waals surface area (Å²) < 4.78 is 0. The Balaban J connectivity index is 1.23. The van der Waals surface area contributed by atoms with Crippen molar-refractivity contribution in [2.45, 2.75) is 25.8 Å². The zero-order valence-corrected chi connectivity index (χ0v) is 17.9. The molecule has 0 spiro atoms. The Morgan fingerprint density at radius 1 is 1.06 bits per heavy atom. The van der Waals surface area contributed by atoms with Gasteiger partial charge in [-0.25, -0.2) is 9.78 Å². The average Bonchev–Trinajstić information content (AvgIpc) is 2.80. The molecule has 0 aliphatic carbocycles. The first-order valence-electron chi connectivity index (χ1n) is 10.9. The van der Waals surface area contributed by atoms with Crippen LogP contribution in [0.1, 0.15) is 30.7 Å². The summed E-state index contributed by atoms with van der Waals surface area (Å²) in [6.07, 6.45) is 0.913. The Kier molecular flexibility index (Phi) is 6.62. The van der Waals surface area contributed by atoms with Gasteiger partial charge in [0.25, 0.3) is 5.56 Å². The van der Waals surface area contributed by atoms with E-state index in [-0.39, 0.29) is 11.6 Å². The summed E-state index contributed by atoms with van der Waals surface area (Å²) in [5.74, 6) is 1.08. The molecule has 1 unspecified atom stereocenters. The third-order valence-electron chi connectivity index (χ3n) is 5.92. The summed E-state index contributed by atoms with van der Waals surface area (Å²) in [5, 5.41) is 3.66. The maximum Gasteiger partial charge on any atom is 0.317 e. The van der Waals surface area contributed by atoms with Crippen molar-refractivity contribution in [3.05, 3.63) is 76.3 Å². The number of nitrogens with one attached hydrogen (secondary N) is 2. The summed E-state index contributed by atoms with van der Waals surface area (Å²) >= 11 is 0. The molecule has 1 aliphatic rings. The Labute approximate surface area is 182 Å². The van der Waals surface area contributed by atoms with Crippen molar-refractivity contribution in [1.82, 2.24) is 25.1 Å². The average molecular weight is 420 g/mol. The first kappa shape index (κ1) is 21.1. The molecular formula is C24H29N5O2. The first-order valence-corrected chi connectivity index (χ1v) is 10.9. The second-order valence-corrected chi connectivity index (χ2v) is 8.13. The highest BCUT2D eigenvalue weighted by molar-refractivity contribution is 5.77. The molecule has 0 saturated carbocycles. The highest BCUT2D eigenvalue weighted by atomic mass is 16.2. The minimum absolute atomic E-state index is 0.00264. The molecule has 7 nitrogen and oxygen atoms in total. The minimum Gasteiger partial charge on any atom is -0.338 e. The van der Waals surface area contributed by atoms with Crippen LogP contribution in [0, 0.1) is 0 Å². The minimum atomic E-state index is -0.108. The number of aromatic amines is 1. The number of nitrogens with zero attached hydrogens (tertiary/aromatic N) is 3. The first-order chi connectivity index (χ1) is 15.1. The second-order valence-electron chi connectivity index (χ2n) is 8.13. The van der Waals surface area contributed by atoms with E-state index in [1.165, 1.54) is 5.56 Å². The molecule has 2 heterocycles. The van der Waals surface area contributed by atoms with E-state index in [9.17, 15) is 9.59 Å². The molecule has 1 atom stereocenters. The monoisotopic (exact) mass is 419 g/mol. The van der Waals surface area contributed by atoms with Gasteiger partial charge in [0.2, 0.25) is 0 Å². The van der Waals surface area contributed by atoms with E-state index < -0.39 is 0 Å². The zero-order valence-electron chi connectivity index (χ0n) is 17.9. The molecule has 0 radical (unpaired) electrons. The topological polar surface area (TPSA) is 81.3 Å². The lowest BCUT2D eigenvalue weighted by Crippen LogP contribution is -2.51. The SMILES string of the molecule is CC(CCNC(=O)N1CCN(Cc2nc3ccccc3c(=O)[nH]2)CC1)c1ccccc1. The number of carbonyl (C=O) groups is 1. The summed E-state index contributed by atoms with van der Waals surface area (Å²) in [5.41, 5.74) is 1.90. The fourth-order valence-corrected chi connectivity index (χ4v) is 3.99. The molecular weight excluding hydrogens is 390 g/mol. The lowest BCUT2D eigenvalue weighted by atomic mass is 9.98. The van der Waals surface area contributed by atoms with Gasteiger partial charge in [0.15, 0.2) is 0 Å². The fraction of sp³-hybridized carbons (Fsp3) is 0.375. The predicted octanol–water partition coefficient (Wildman–Crippen LogP) is 2.94. The number of para-hydroxylation sites is 1. The van der Waals surface area contributed by atoms with Crippen LogP contribution in [0.25, 0.3) is 10.9 Å². The van der Waals surface area contributed by atoms with Crippen LogP contribution in [0.5, 0.6) is 0 Å². The Bertz CT molecular complexity index is 1070. The quantitative estimate of drug-likeness (QED) is 0.644. The number of piperazine rings is 1. The molecule has 1 saturated heterocycles. The number of amides is 2. The van der Waals surface area contributed by atoms with Crippen LogP contribution in [-0.4, -0.2) is 58.5 Å². The van der Waals surface area contributed by atoms with Crippen LogP contribution < -0.4 is 10.9 Å². The summed E-state index contributed by atoms with van der Waals surface area (Å²) in [4.78, 5) is 36.3. The highest BCUT2D eigenvalue weighted by Crippen LogP contribution is 2.17. The molecule has 2 N–H and O–H groups in total. The molecule has 2 aromatic carbocycles. The Morgan fingerprint density at radius 3 is 2.55 bits per heavy atom. The van der Waals surface area contributed by atoms with E-state index in [0.717, 1.165) is 19.5 Å². The zero-order chi connectivity index (χ0) is 21.6.